The smallest absolute Gasteiger partial charge is 0.242 e. The van der Waals surface area contributed by atoms with Gasteiger partial charge in [-0.25, -0.2) is 0 Å². The van der Waals surface area contributed by atoms with E-state index in [9.17, 15) is 0 Å². The molecular weight excluding hydrogens is 521 g/mol. The highest BCUT2D eigenvalue weighted by atomic mass is 28.4. The van der Waals surface area contributed by atoms with Crippen molar-refractivity contribution in [2.75, 3.05) is 0 Å². The summed E-state index contributed by atoms with van der Waals surface area (Å²) in [5, 5.41) is 0. The van der Waals surface area contributed by atoms with Crippen LogP contribution in [0.3, 0.4) is 0 Å². The van der Waals surface area contributed by atoms with Crippen LogP contribution in [-0.2, 0) is 34.5 Å². The van der Waals surface area contributed by atoms with E-state index in [1.54, 1.807) is 0 Å². The molecule has 0 heterocycles. The maximum atomic E-state index is 6.65. The van der Waals surface area contributed by atoms with Crippen molar-refractivity contribution in [3.8, 4) is 0 Å². The third-order valence-corrected chi connectivity index (χ3v) is 8.98. The lowest BCUT2D eigenvalue weighted by molar-refractivity contribution is 0.339. The average Bonchev–Trinajstić information content (AvgIpc) is 2.88. The topological polar surface area (TPSA) is 18.5 Å². The van der Waals surface area contributed by atoms with Crippen LogP contribution in [0.25, 0.3) is 0 Å². The van der Waals surface area contributed by atoms with E-state index in [-0.39, 0.29) is 0 Å². The highest BCUT2D eigenvalue weighted by molar-refractivity contribution is 6.70. The maximum absolute atomic E-state index is 6.65. The second-order valence-electron chi connectivity index (χ2n) is 13.6. The molecule has 0 saturated carbocycles. The van der Waals surface area contributed by atoms with Crippen LogP contribution >= 0.6 is 0 Å². The van der Waals surface area contributed by atoms with Gasteiger partial charge in [-0.1, -0.05) is 80.6 Å². The molecule has 2 aromatic carbocycles. The first-order valence-electron chi connectivity index (χ1n) is 16.0. The Bertz CT molecular complexity index is 1050. The monoisotopic (exact) mass is 576 g/mol. The van der Waals surface area contributed by atoms with Gasteiger partial charge in [0.2, 0.25) is 16.6 Å². The first-order chi connectivity index (χ1) is 19.1. The van der Waals surface area contributed by atoms with E-state index >= 15 is 0 Å². The van der Waals surface area contributed by atoms with Gasteiger partial charge >= 0.3 is 0 Å². The molecular formula is C36H56O2Si2. The number of rotatable bonds is 4. The minimum Gasteiger partial charge on any atom is -0.542 e. The number of hydrogen-bond acceptors (Lipinski definition) is 2. The minimum atomic E-state index is -1.80. The molecule has 6 rings (SSSR count). The molecule has 220 valence electrons. The lowest BCUT2D eigenvalue weighted by atomic mass is 10.0. The van der Waals surface area contributed by atoms with Crippen LogP contribution in [0.5, 0.6) is 0 Å². The predicted octanol–water partition coefficient (Wildman–Crippen LogP) is 10.9. The highest BCUT2D eigenvalue weighted by Crippen LogP contribution is 2.25. The molecule has 0 spiro atoms. The summed E-state index contributed by atoms with van der Waals surface area (Å²) in [6.45, 7) is 13.6. The Morgan fingerprint density at radius 1 is 0.400 bits per heavy atom. The SMILES string of the molecule is C[Si](C)(C)OC1=C\CCCc2ccc(cc2)CCCCCCCCCc2ccc(cc2)CC\C=C\1O[Si](C)(C)C. The van der Waals surface area contributed by atoms with Gasteiger partial charge in [0.15, 0.2) is 0 Å². The second kappa shape index (κ2) is 16.4. The van der Waals surface area contributed by atoms with E-state index in [2.05, 4.69) is 100.0 Å². The van der Waals surface area contributed by atoms with Crippen molar-refractivity contribution in [3.63, 3.8) is 0 Å². The molecule has 0 atom stereocenters. The van der Waals surface area contributed by atoms with Gasteiger partial charge in [0, 0.05) is 0 Å². The molecule has 4 aliphatic carbocycles. The summed E-state index contributed by atoms with van der Waals surface area (Å²) >= 11 is 0. The molecule has 0 amide bonds. The fourth-order valence-electron chi connectivity index (χ4n) is 5.24. The molecule has 40 heavy (non-hydrogen) atoms. The number of aryl methyl sites for hydroxylation is 4. The number of allylic oxidation sites excluding steroid dienone is 2. The van der Waals surface area contributed by atoms with Gasteiger partial charge in [-0.05, 0) is 131 Å². The Hall–Kier alpha value is -2.05. The summed E-state index contributed by atoms with van der Waals surface area (Å²) in [6, 6.07) is 18.7. The van der Waals surface area contributed by atoms with E-state index in [1.165, 1.54) is 80.0 Å². The predicted molar refractivity (Wildman–Crippen MR) is 179 cm³/mol. The molecule has 2 nitrogen and oxygen atoms in total. The Morgan fingerprint density at radius 3 is 1.12 bits per heavy atom. The molecule has 0 saturated heterocycles. The first-order valence-corrected chi connectivity index (χ1v) is 22.8. The van der Waals surface area contributed by atoms with Crippen LogP contribution in [0, 0.1) is 0 Å². The van der Waals surface area contributed by atoms with Crippen molar-refractivity contribution >= 4 is 16.6 Å². The number of benzene rings is 2. The summed E-state index contributed by atoms with van der Waals surface area (Å²) < 4.78 is 13.3. The summed E-state index contributed by atoms with van der Waals surface area (Å²) in [7, 11) is -3.59. The van der Waals surface area contributed by atoms with Crippen LogP contribution in [0.1, 0.15) is 86.5 Å². The number of hydrogen-bond donors (Lipinski definition) is 0. The van der Waals surface area contributed by atoms with Gasteiger partial charge in [0.1, 0.15) is 11.5 Å². The van der Waals surface area contributed by atoms with E-state index in [4.69, 9.17) is 8.85 Å². The fraction of sp³-hybridized carbons (Fsp3) is 0.556. The third kappa shape index (κ3) is 13.5. The van der Waals surface area contributed by atoms with Crippen molar-refractivity contribution in [3.05, 3.63) is 94.5 Å². The molecule has 2 aromatic rings. The third-order valence-electron chi connectivity index (χ3n) is 7.31. The minimum absolute atomic E-state index is 0.956. The van der Waals surface area contributed by atoms with Gasteiger partial charge in [0.05, 0.1) is 0 Å². The van der Waals surface area contributed by atoms with Crippen LogP contribution in [-0.4, -0.2) is 16.6 Å². The van der Waals surface area contributed by atoms with Gasteiger partial charge in [0.25, 0.3) is 0 Å². The van der Waals surface area contributed by atoms with Crippen molar-refractivity contribution < 1.29 is 8.85 Å². The molecule has 4 heteroatoms. The van der Waals surface area contributed by atoms with Gasteiger partial charge in [-0.2, -0.15) is 0 Å². The zero-order valence-electron chi connectivity index (χ0n) is 26.5. The lowest BCUT2D eigenvalue weighted by Gasteiger charge is -2.28. The highest BCUT2D eigenvalue weighted by Gasteiger charge is 2.24. The van der Waals surface area contributed by atoms with Crippen molar-refractivity contribution in [2.24, 2.45) is 0 Å². The van der Waals surface area contributed by atoms with E-state index in [0.29, 0.717) is 0 Å². The summed E-state index contributed by atoms with van der Waals surface area (Å²) in [5.41, 5.74) is 5.80. The van der Waals surface area contributed by atoms with Crippen molar-refractivity contribution in [2.45, 2.75) is 129 Å². The Morgan fingerprint density at radius 2 is 0.725 bits per heavy atom. The van der Waals surface area contributed by atoms with Crippen LogP contribution in [0.2, 0.25) is 39.3 Å². The van der Waals surface area contributed by atoms with Crippen molar-refractivity contribution in [1.82, 2.24) is 0 Å². The van der Waals surface area contributed by atoms with Crippen LogP contribution in [0.15, 0.2) is 72.2 Å². The van der Waals surface area contributed by atoms with Crippen molar-refractivity contribution in [1.29, 1.82) is 0 Å². The van der Waals surface area contributed by atoms with E-state index in [0.717, 1.165) is 43.6 Å². The fourth-order valence-corrected chi connectivity index (χ4v) is 6.93. The first kappa shape index (κ1) is 32.5. The Kier molecular flexibility index (Phi) is 13.3. The summed E-state index contributed by atoms with van der Waals surface area (Å²) in [4.78, 5) is 0. The van der Waals surface area contributed by atoms with Gasteiger partial charge < -0.3 is 8.85 Å². The molecule has 0 radical (unpaired) electrons. The van der Waals surface area contributed by atoms with E-state index in [1.807, 2.05) is 0 Å². The summed E-state index contributed by atoms with van der Waals surface area (Å²) in [5.74, 6) is 1.93. The Labute approximate surface area is 248 Å². The zero-order chi connectivity index (χ0) is 28.8. The van der Waals surface area contributed by atoms with Gasteiger partial charge in [-0.3, -0.25) is 0 Å². The molecule has 0 aromatic heterocycles. The van der Waals surface area contributed by atoms with Crippen LogP contribution in [0.4, 0.5) is 0 Å². The largest absolute Gasteiger partial charge is 0.542 e. The van der Waals surface area contributed by atoms with Gasteiger partial charge in [-0.15, -0.1) is 0 Å². The average molecular weight is 577 g/mol. The molecule has 4 bridgehead atoms. The van der Waals surface area contributed by atoms with E-state index < -0.39 is 16.6 Å². The molecule has 4 aliphatic rings. The molecule has 0 aliphatic heterocycles. The van der Waals surface area contributed by atoms with Crippen LogP contribution < -0.4 is 0 Å². The molecule has 0 N–H and O–H groups in total. The summed E-state index contributed by atoms with van der Waals surface area (Å²) in [6.07, 6.45) is 21.7. The maximum Gasteiger partial charge on any atom is 0.242 e. The standard InChI is InChI=1S/C36H56O2Si2/c1-39(2,3)37-35-21-15-14-19-33-25-23-31(24-26-33)17-12-10-8-7-9-11-13-18-32-27-29-34(30-28-32)20-16-22-36(35)38-40(4,5)6/h21-30H,7-20H2,1-6H3/b35-21-,36-22-. The normalized spacial score (nSPS) is 20.2. The Balaban J connectivity index is 1.77. The lowest BCUT2D eigenvalue weighted by Crippen LogP contribution is -2.29. The molecule has 0 unspecified atom stereocenters. The quantitative estimate of drug-likeness (QED) is 0.337. The zero-order valence-corrected chi connectivity index (χ0v) is 28.5. The molecule has 0 fully saturated rings. The second-order valence-corrected chi connectivity index (χ2v) is 22.5.